The van der Waals surface area contributed by atoms with Crippen molar-refractivity contribution in [1.82, 2.24) is 0 Å². The predicted molar refractivity (Wildman–Crippen MR) is 101 cm³/mol. The molecule has 0 aliphatic carbocycles. The van der Waals surface area contributed by atoms with Crippen LogP contribution in [0.15, 0.2) is 47.4 Å². The van der Waals surface area contributed by atoms with Gasteiger partial charge in [-0.1, -0.05) is 26.0 Å². The molecule has 3 rings (SSSR count). The fourth-order valence-corrected chi connectivity index (χ4v) is 4.02. The minimum Gasteiger partial charge on any atom is -0.379 e. The lowest BCUT2D eigenvalue weighted by molar-refractivity contribution is -0.117. The Morgan fingerprint density at radius 3 is 2.35 bits per heavy atom. The van der Waals surface area contributed by atoms with Crippen LogP contribution < -0.4 is 9.08 Å². The number of benzene rings is 2. The number of rotatable bonds is 5. The summed E-state index contributed by atoms with van der Waals surface area (Å²) < 4.78 is 30.8. The molecule has 1 aliphatic rings. The lowest BCUT2D eigenvalue weighted by Gasteiger charge is -2.17. The van der Waals surface area contributed by atoms with Gasteiger partial charge >= 0.3 is 10.1 Å². The third kappa shape index (κ3) is 3.75. The standard InChI is InChI=1S/C20H23NO4S/c1-14(2)18-11-6-15(3)13-19(18)25-26(23,24)17-9-7-16(8-10-17)21-12-4-5-20(21)22/h6-11,13-14H,4-5,12H2,1-3H3. The molecule has 1 saturated heterocycles. The number of carbonyl (C=O) groups is 1. The molecule has 0 unspecified atom stereocenters. The van der Waals surface area contributed by atoms with Gasteiger partial charge in [0.2, 0.25) is 5.91 Å². The molecular weight excluding hydrogens is 350 g/mol. The number of hydrogen-bond donors (Lipinski definition) is 0. The summed E-state index contributed by atoms with van der Waals surface area (Å²) in [7, 11) is -3.94. The Hall–Kier alpha value is -2.34. The first-order valence-corrected chi connectivity index (χ1v) is 10.1. The number of carbonyl (C=O) groups excluding carboxylic acids is 1. The number of amides is 1. The Kier molecular flexibility index (Phi) is 5.05. The van der Waals surface area contributed by atoms with Gasteiger partial charge in [0.05, 0.1) is 0 Å². The molecule has 0 atom stereocenters. The third-order valence-corrected chi connectivity index (χ3v) is 5.75. The van der Waals surface area contributed by atoms with Gasteiger partial charge < -0.3 is 9.08 Å². The van der Waals surface area contributed by atoms with Crippen LogP contribution in [0.5, 0.6) is 5.75 Å². The molecule has 0 saturated carbocycles. The number of anilines is 1. The highest BCUT2D eigenvalue weighted by Crippen LogP contribution is 2.30. The normalized spacial score (nSPS) is 14.9. The first-order chi connectivity index (χ1) is 12.3. The topological polar surface area (TPSA) is 63.7 Å². The van der Waals surface area contributed by atoms with Gasteiger partial charge in [-0.2, -0.15) is 8.42 Å². The summed E-state index contributed by atoms with van der Waals surface area (Å²) in [5, 5.41) is 0. The molecule has 0 N–H and O–H groups in total. The SMILES string of the molecule is Cc1ccc(C(C)C)c(OS(=O)(=O)c2ccc(N3CCCC3=O)cc2)c1. The largest absolute Gasteiger partial charge is 0.379 e. The van der Waals surface area contributed by atoms with Crippen LogP contribution in [0.25, 0.3) is 0 Å². The van der Waals surface area contributed by atoms with E-state index >= 15 is 0 Å². The summed E-state index contributed by atoms with van der Waals surface area (Å²) >= 11 is 0. The highest BCUT2D eigenvalue weighted by molar-refractivity contribution is 7.87. The molecule has 138 valence electrons. The molecule has 1 amide bonds. The minimum atomic E-state index is -3.94. The molecule has 0 radical (unpaired) electrons. The maximum atomic E-state index is 12.7. The maximum Gasteiger partial charge on any atom is 0.339 e. The molecule has 6 heteroatoms. The van der Waals surface area contributed by atoms with Crippen LogP contribution in [0, 0.1) is 6.92 Å². The average molecular weight is 373 g/mol. The van der Waals surface area contributed by atoms with Gasteiger partial charge in [0.15, 0.2) is 0 Å². The Morgan fingerprint density at radius 1 is 1.08 bits per heavy atom. The van der Waals surface area contributed by atoms with Gasteiger partial charge in [-0.05, 0) is 60.7 Å². The molecule has 2 aromatic carbocycles. The van der Waals surface area contributed by atoms with E-state index < -0.39 is 10.1 Å². The van der Waals surface area contributed by atoms with Gasteiger partial charge in [0.1, 0.15) is 10.6 Å². The summed E-state index contributed by atoms with van der Waals surface area (Å²) in [4.78, 5) is 13.6. The lowest BCUT2D eigenvalue weighted by atomic mass is 10.0. The third-order valence-electron chi connectivity index (χ3n) is 4.50. The molecule has 1 aliphatic heterocycles. The molecule has 2 aromatic rings. The van der Waals surface area contributed by atoms with E-state index in [1.54, 1.807) is 23.1 Å². The van der Waals surface area contributed by atoms with Crippen LogP contribution in [0.4, 0.5) is 5.69 Å². The van der Waals surface area contributed by atoms with E-state index in [0.717, 1.165) is 17.5 Å². The zero-order valence-corrected chi connectivity index (χ0v) is 16.0. The van der Waals surface area contributed by atoms with Crippen molar-refractivity contribution in [3.63, 3.8) is 0 Å². The van der Waals surface area contributed by atoms with Crippen molar-refractivity contribution >= 4 is 21.7 Å². The molecule has 5 nitrogen and oxygen atoms in total. The molecule has 26 heavy (non-hydrogen) atoms. The van der Waals surface area contributed by atoms with Crippen LogP contribution in [0.3, 0.4) is 0 Å². The number of nitrogens with zero attached hydrogens (tertiary/aromatic N) is 1. The van der Waals surface area contributed by atoms with E-state index in [-0.39, 0.29) is 16.7 Å². The zero-order valence-electron chi connectivity index (χ0n) is 15.2. The molecule has 0 bridgehead atoms. The van der Waals surface area contributed by atoms with E-state index in [0.29, 0.717) is 24.4 Å². The fourth-order valence-electron chi connectivity index (χ4n) is 3.07. The van der Waals surface area contributed by atoms with Crippen molar-refractivity contribution in [3.05, 3.63) is 53.6 Å². The first-order valence-electron chi connectivity index (χ1n) is 8.73. The van der Waals surface area contributed by atoms with Crippen molar-refractivity contribution in [2.75, 3.05) is 11.4 Å². The van der Waals surface area contributed by atoms with Crippen LogP contribution in [-0.4, -0.2) is 20.9 Å². The predicted octanol–water partition coefficient (Wildman–Crippen LogP) is 4.01. The van der Waals surface area contributed by atoms with E-state index in [9.17, 15) is 13.2 Å². The summed E-state index contributed by atoms with van der Waals surface area (Å²) in [5.74, 6) is 0.571. The zero-order chi connectivity index (χ0) is 18.9. The molecule has 0 spiro atoms. The van der Waals surface area contributed by atoms with Crippen LogP contribution in [0.2, 0.25) is 0 Å². The molecule has 1 fully saturated rings. The summed E-state index contributed by atoms with van der Waals surface area (Å²) in [5.41, 5.74) is 2.49. The second-order valence-electron chi connectivity index (χ2n) is 6.88. The summed E-state index contributed by atoms with van der Waals surface area (Å²) in [6.45, 7) is 6.55. The Balaban J connectivity index is 1.87. The van der Waals surface area contributed by atoms with E-state index in [2.05, 4.69) is 0 Å². The Morgan fingerprint density at radius 2 is 1.77 bits per heavy atom. The highest BCUT2D eigenvalue weighted by atomic mass is 32.2. The smallest absolute Gasteiger partial charge is 0.339 e. The monoisotopic (exact) mass is 373 g/mol. The summed E-state index contributed by atoms with van der Waals surface area (Å²) in [6, 6.07) is 11.9. The Labute approximate surface area is 154 Å². The number of aryl methyl sites for hydroxylation is 1. The van der Waals surface area contributed by atoms with E-state index in [1.165, 1.54) is 12.1 Å². The minimum absolute atomic E-state index is 0.0678. The first kappa shape index (κ1) is 18.5. The van der Waals surface area contributed by atoms with E-state index in [4.69, 9.17) is 4.18 Å². The van der Waals surface area contributed by atoms with Crippen LogP contribution in [0.1, 0.15) is 43.7 Å². The van der Waals surface area contributed by atoms with Crippen molar-refractivity contribution in [1.29, 1.82) is 0 Å². The lowest BCUT2D eigenvalue weighted by Crippen LogP contribution is -2.23. The second kappa shape index (κ2) is 7.11. The average Bonchev–Trinajstić information content (AvgIpc) is 3.00. The van der Waals surface area contributed by atoms with Crippen molar-refractivity contribution in [2.24, 2.45) is 0 Å². The van der Waals surface area contributed by atoms with Gasteiger partial charge in [-0.15, -0.1) is 0 Å². The fraction of sp³-hybridized carbons (Fsp3) is 0.350. The van der Waals surface area contributed by atoms with Crippen molar-refractivity contribution in [2.45, 2.75) is 44.4 Å². The molecular formula is C20H23NO4S. The Bertz CT molecular complexity index is 917. The second-order valence-corrected chi connectivity index (χ2v) is 8.42. The van der Waals surface area contributed by atoms with E-state index in [1.807, 2.05) is 32.9 Å². The van der Waals surface area contributed by atoms with Gasteiger partial charge in [-0.25, -0.2) is 0 Å². The number of hydrogen-bond acceptors (Lipinski definition) is 4. The maximum absolute atomic E-state index is 12.7. The highest BCUT2D eigenvalue weighted by Gasteiger charge is 2.23. The van der Waals surface area contributed by atoms with Crippen LogP contribution >= 0.6 is 0 Å². The van der Waals surface area contributed by atoms with Crippen LogP contribution in [-0.2, 0) is 14.9 Å². The van der Waals surface area contributed by atoms with Gasteiger partial charge in [-0.3, -0.25) is 4.79 Å². The van der Waals surface area contributed by atoms with Gasteiger partial charge in [0, 0.05) is 18.7 Å². The van der Waals surface area contributed by atoms with Crippen molar-refractivity contribution in [3.8, 4) is 5.75 Å². The van der Waals surface area contributed by atoms with Gasteiger partial charge in [0.25, 0.3) is 0 Å². The summed E-state index contributed by atoms with van der Waals surface area (Å²) in [6.07, 6.45) is 1.36. The molecule has 1 heterocycles. The van der Waals surface area contributed by atoms with Crippen molar-refractivity contribution < 1.29 is 17.4 Å². The quantitative estimate of drug-likeness (QED) is 0.743. The molecule has 0 aromatic heterocycles.